The lowest BCUT2D eigenvalue weighted by molar-refractivity contribution is -0.118. The second-order valence-corrected chi connectivity index (χ2v) is 6.10. The molecule has 4 rings (SSSR count). The molecule has 0 aliphatic carbocycles. The topological polar surface area (TPSA) is 91.2 Å². The Bertz CT molecular complexity index is 1100. The van der Waals surface area contributed by atoms with Gasteiger partial charge in [-0.15, -0.1) is 10.2 Å². The van der Waals surface area contributed by atoms with E-state index in [-0.39, 0.29) is 18.3 Å². The van der Waals surface area contributed by atoms with Gasteiger partial charge in [0.2, 0.25) is 5.88 Å². The van der Waals surface area contributed by atoms with Crippen LogP contribution in [0.5, 0.6) is 17.4 Å². The molecule has 9 heteroatoms. The summed E-state index contributed by atoms with van der Waals surface area (Å²) in [5, 5.41) is 14.9. The maximum absolute atomic E-state index is 12.9. The average Bonchev–Trinajstić information content (AvgIpc) is 3.30. The number of carbonyl (C=O) groups excluding carboxylic acids is 1. The van der Waals surface area contributed by atoms with Crippen LogP contribution < -0.4 is 14.8 Å². The zero-order valence-corrected chi connectivity index (χ0v) is 15.6. The van der Waals surface area contributed by atoms with Crippen molar-refractivity contribution in [2.45, 2.75) is 0 Å². The van der Waals surface area contributed by atoms with Crippen LogP contribution in [0.2, 0.25) is 0 Å². The van der Waals surface area contributed by atoms with Gasteiger partial charge in [0, 0.05) is 24.1 Å². The molecule has 1 amide bonds. The Morgan fingerprint density at radius 2 is 1.73 bits per heavy atom. The SMILES string of the molecule is O=C(COc1ccc(F)cc1)Nc1ccc(Oc2ccc(-n3cccn3)nn2)cc1. The molecule has 1 N–H and O–H groups in total. The molecule has 4 aromatic rings. The van der Waals surface area contributed by atoms with Crippen LogP contribution in [-0.2, 0) is 4.79 Å². The number of nitrogens with one attached hydrogen (secondary N) is 1. The van der Waals surface area contributed by atoms with Gasteiger partial charge in [-0.2, -0.15) is 5.10 Å². The van der Waals surface area contributed by atoms with Gasteiger partial charge in [0.15, 0.2) is 12.4 Å². The predicted molar refractivity (Wildman–Crippen MR) is 106 cm³/mol. The molecule has 150 valence electrons. The van der Waals surface area contributed by atoms with Gasteiger partial charge >= 0.3 is 0 Å². The zero-order valence-electron chi connectivity index (χ0n) is 15.6. The minimum Gasteiger partial charge on any atom is -0.484 e. The van der Waals surface area contributed by atoms with Crippen molar-refractivity contribution in [2.24, 2.45) is 0 Å². The Hall–Kier alpha value is -4.27. The summed E-state index contributed by atoms with van der Waals surface area (Å²) in [7, 11) is 0. The summed E-state index contributed by atoms with van der Waals surface area (Å²) < 4.78 is 25.4. The zero-order chi connectivity index (χ0) is 20.8. The normalized spacial score (nSPS) is 10.4. The first kappa shape index (κ1) is 19.1. The number of hydrogen-bond acceptors (Lipinski definition) is 6. The lowest BCUT2D eigenvalue weighted by atomic mass is 10.3. The predicted octanol–water partition coefficient (Wildman–Crippen LogP) is 3.61. The number of benzene rings is 2. The number of anilines is 1. The van der Waals surface area contributed by atoms with Crippen LogP contribution >= 0.6 is 0 Å². The average molecular weight is 405 g/mol. The molecule has 0 radical (unpaired) electrons. The number of rotatable bonds is 7. The third kappa shape index (κ3) is 4.96. The quantitative estimate of drug-likeness (QED) is 0.505. The minimum absolute atomic E-state index is 0.192. The molecule has 0 aliphatic heterocycles. The molecule has 0 fully saturated rings. The van der Waals surface area contributed by atoms with Crippen molar-refractivity contribution >= 4 is 11.6 Å². The number of ether oxygens (including phenoxy) is 2. The van der Waals surface area contributed by atoms with Gasteiger partial charge < -0.3 is 14.8 Å². The van der Waals surface area contributed by atoms with E-state index in [1.165, 1.54) is 24.3 Å². The van der Waals surface area contributed by atoms with Crippen LogP contribution in [0, 0.1) is 5.82 Å². The van der Waals surface area contributed by atoms with E-state index >= 15 is 0 Å². The Morgan fingerprint density at radius 1 is 0.967 bits per heavy atom. The Labute approximate surface area is 170 Å². The van der Waals surface area contributed by atoms with E-state index in [0.717, 1.165) is 0 Å². The smallest absolute Gasteiger partial charge is 0.262 e. The summed E-state index contributed by atoms with van der Waals surface area (Å²) in [6.07, 6.45) is 3.42. The number of nitrogens with zero attached hydrogens (tertiary/aromatic N) is 4. The molecule has 2 heterocycles. The molecular formula is C21H16FN5O3. The monoisotopic (exact) mass is 405 g/mol. The fraction of sp³-hybridized carbons (Fsp3) is 0.0476. The maximum atomic E-state index is 12.9. The molecule has 2 aromatic heterocycles. The van der Waals surface area contributed by atoms with Gasteiger partial charge in [-0.25, -0.2) is 9.07 Å². The summed E-state index contributed by atoms with van der Waals surface area (Å²) in [4.78, 5) is 12.0. The van der Waals surface area contributed by atoms with E-state index in [0.29, 0.717) is 28.9 Å². The highest BCUT2D eigenvalue weighted by molar-refractivity contribution is 5.91. The molecule has 0 bridgehead atoms. The molecule has 8 nitrogen and oxygen atoms in total. The van der Waals surface area contributed by atoms with Crippen molar-refractivity contribution in [3.63, 3.8) is 0 Å². The van der Waals surface area contributed by atoms with Crippen molar-refractivity contribution in [2.75, 3.05) is 11.9 Å². The van der Waals surface area contributed by atoms with E-state index in [2.05, 4.69) is 20.6 Å². The van der Waals surface area contributed by atoms with Gasteiger partial charge in [-0.3, -0.25) is 4.79 Å². The van der Waals surface area contributed by atoms with Crippen LogP contribution in [-0.4, -0.2) is 32.5 Å². The second kappa shape index (κ2) is 8.82. The Morgan fingerprint density at radius 3 is 2.40 bits per heavy atom. The lowest BCUT2D eigenvalue weighted by Gasteiger charge is -2.09. The number of amides is 1. The van der Waals surface area contributed by atoms with Crippen LogP contribution in [0.1, 0.15) is 0 Å². The largest absolute Gasteiger partial charge is 0.484 e. The molecule has 0 aliphatic rings. The first-order valence-corrected chi connectivity index (χ1v) is 8.96. The van der Waals surface area contributed by atoms with Gasteiger partial charge in [0.25, 0.3) is 5.91 Å². The van der Waals surface area contributed by atoms with Gasteiger partial charge in [0.1, 0.15) is 17.3 Å². The third-order valence-electron chi connectivity index (χ3n) is 3.91. The number of aromatic nitrogens is 4. The van der Waals surface area contributed by atoms with Gasteiger partial charge in [0.05, 0.1) is 0 Å². The van der Waals surface area contributed by atoms with Crippen molar-refractivity contribution < 1.29 is 18.7 Å². The maximum Gasteiger partial charge on any atom is 0.262 e. The van der Waals surface area contributed by atoms with Gasteiger partial charge in [-0.1, -0.05) is 0 Å². The third-order valence-corrected chi connectivity index (χ3v) is 3.91. The highest BCUT2D eigenvalue weighted by atomic mass is 19.1. The van der Waals surface area contributed by atoms with Crippen LogP contribution in [0.15, 0.2) is 79.1 Å². The molecular weight excluding hydrogens is 389 g/mol. The van der Waals surface area contributed by atoms with E-state index in [1.54, 1.807) is 59.5 Å². The summed E-state index contributed by atoms with van der Waals surface area (Å²) in [5.74, 6) is 1.15. The number of carbonyl (C=O) groups is 1. The van der Waals surface area contributed by atoms with Crippen molar-refractivity contribution in [3.8, 4) is 23.2 Å². The molecule has 0 saturated carbocycles. The van der Waals surface area contributed by atoms with E-state index < -0.39 is 0 Å². The van der Waals surface area contributed by atoms with E-state index in [4.69, 9.17) is 9.47 Å². The van der Waals surface area contributed by atoms with Crippen LogP contribution in [0.3, 0.4) is 0 Å². The second-order valence-electron chi connectivity index (χ2n) is 6.10. The van der Waals surface area contributed by atoms with Crippen molar-refractivity contribution in [1.29, 1.82) is 0 Å². The summed E-state index contributed by atoms with van der Waals surface area (Å²) >= 11 is 0. The van der Waals surface area contributed by atoms with Crippen molar-refractivity contribution in [1.82, 2.24) is 20.0 Å². The standard InChI is InChI=1S/C21H16FN5O3/c22-15-2-6-17(7-3-15)29-14-20(28)24-16-4-8-18(9-5-16)30-21-11-10-19(25-26-21)27-13-1-12-23-27/h1-13H,14H2,(H,24,28). The van der Waals surface area contributed by atoms with Crippen LogP contribution in [0.4, 0.5) is 10.1 Å². The Balaban J connectivity index is 1.29. The van der Waals surface area contributed by atoms with Crippen LogP contribution in [0.25, 0.3) is 5.82 Å². The van der Waals surface area contributed by atoms with Crippen molar-refractivity contribution in [3.05, 3.63) is 84.9 Å². The molecule has 0 saturated heterocycles. The fourth-order valence-electron chi connectivity index (χ4n) is 2.50. The Kier molecular flexibility index (Phi) is 5.61. The van der Waals surface area contributed by atoms with E-state index in [9.17, 15) is 9.18 Å². The van der Waals surface area contributed by atoms with E-state index in [1.807, 2.05) is 0 Å². The molecule has 0 atom stereocenters. The molecule has 30 heavy (non-hydrogen) atoms. The number of hydrogen-bond donors (Lipinski definition) is 1. The lowest BCUT2D eigenvalue weighted by Crippen LogP contribution is -2.20. The summed E-state index contributed by atoms with van der Waals surface area (Å²) in [6.45, 7) is -0.192. The summed E-state index contributed by atoms with van der Waals surface area (Å²) in [5.41, 5.74) is 0.579. The highest BCUT2D eigenvalue weighted by Gasteiger charge is 2.06. The highest BCUT2D eigenvalue weighted by Crippen LogP contribution is 2.21. The fourth-order valence-corrected chi connectivity index (χ4v) is 2.50. The first-order valence-electron chi connectivity index (χ1n) is 8.96. The molecule has 2 aromatic carbocycles. The number of halogens is 1. The minimum atomic E-state index is -0.367. The molecule has 0 unspecified atom stereocenters. The summed E-state index contributed by atoms with van der Waals surface area (Å²) in [6, 6.07) is 17.4. The first-order chi connectivity index (χ1) is 14.7. The molecule has 0 spiro atoms. The van der Waals surface area contributed by atoms with Gasteiger partial charge in [-0.05, 0) is 60.7 Å².